The van der Waals surface area contributed by atoms with Crippen molar-refractivity contribution in [2.45, 2.75) is 38.3 Å². The molecule has 96 valence electrons. The highest BCUT2D eigenvalue weighted by Gasteiger charge is 2.36. The number of rotatable bonds is 4. The lowest BCUT2D eigenvalue weighted by Gasteiger charge is -2.23. The van der Waals surface area contributed by atoms with Crippen LogP contribution in [0.1, 0.15) is 37.8 Å². The highest BCUT2D eigenvalue weighted by molar-refractivity contribution is 5.85. The molecule has 2 unspecified atom stereocenters. The molecule has 2 fully saturated rings. The van der Waals surface area contributed by atoms with Gasteiger partial charge in [0, 0.05) is 6.04 Å². The van der Waals surface area contributed by atoms with E-state index in [2.05, 4.69) is 12.2 Å². The first-order valence-corrected chi connectivity index (χ1v) is 6.84. The molecule has 0 aromatic heterocycles. The second-order valence-electron chi connectivity index (χ2n) is 5.54. The number of nitrogens with one attached hydrogen (secondary N) is 1. The molecule has 2 aliphatic rings. The van der Waals surface area contributed by atoms with E-state index in [0.717, 1.165) is 17.9 Å². The van der Waals surface area contributed by atoms with Crippen molar-refractivity contribution in [1.82, 2.24) is 10.2 Å². The Balaban J connectivity index is 1.68. The summed E-state index contributed by atoms with van der Waals surface area (Å²) in [6.45, 7) is 2.86. The summed E-state index contributed by atoms with van der Waals surface area (Å²) in [6.07, 6.45) is 3.86. The Morgan fingerprint density at radius 3 is 2.72 bits per heavy atom. The number of hydrogen-bond acceptors (Lipinski definition) is 2. The predicted molar refractivity (Wildman–Crippen MR) is 70.8 cm³/mol. The van der Waals surface area contributed by atoms with E-state index in [9.17, 15) is 4.79 Å². The van der Waals surface area contributed by atoms with Crippen LogP contribution in [0.4, 0.5) is 0 Å². The van der Waals surface area contributed by atoms with Crippen molar-refractivity contribution in [1.29, 1.82) is 0 Å². The van der Waals surface area contributed by atoms with Gasteiger partial charge in [0.15, 0.2) is 0 Å². The Bertz CT molecular complexity index is 427. The smallest absolute Gasteiger partial charge is 0.245 e. The van der Waals surface area contributed by atoms with Crippen LogP contribution in [-0.4, -0.2) is 23.5 Å². The van der Waals surface area contributed by atoms with Crippen LogP contribution >= 0.6 is 0 Å². The van der Waals surface area contributed by atoms with Crippen LogP contribution in [-0.2, 0) is 4.79 Å². The molecule has 1 saturated carbocycles. The molecule has 0 bridgehead atoms. The molecule has 1 aliphatic carbocycles. The fourth-order valence-electron chi connectivity index (χ4n) is 2.76. The molecule has 3 heteroatoms. The molecule has 0 radical (unpaired) electrons. The lowest BCUT2D eigenvalue weighted by atomic mass is 10.1. The molecular weight excluding hydrogens is 224 g/mol. The third-order valence-electron chi connectivity index (χ3n) is 4.03. The predicted octanol–water partition coefficient (Wildman–Crippen LogP) is 2.31. The average Bonchev–Trinajstić information content (AvgIpc) is 3.11. The number of nitrogens with zero attached hydrogens (tertiary/aromatic N) is 1. The van der Waals surface area contributed by atoms with Crippen LogP contribution in [0.2, 0.25) is 0 Å². The summed E-state index contributed by atoms with van der Waals surface area (Å²) in [4.78, 5) is 14.4. The van der Waals surface area contributed by atoms with Crippen LogP contribution in [0.25, 0.3) is 0 Å². The minimum Gasteiger partial charge on any atom is -0.326 e. The lowest BCUT2D eigenvalue weighted by Crippen LogP contribution is -2.35. The van der Waals surface area contributed by atoms with Crippen LogP contribution in [0.15, 0.2) is 30.3 Å². The van der Waals surface area contributed by atoms with Crippen molar-refractivity contribution in [3.05, 3.63) is 35.9 Å². The molecule has 1 N–H and O–H groups in total. The van der Waals surface area contributed by atoms with Gasteiger partial charge in [0.2, 0.25) is 5.91 Å². The van der Waals surface area contributed by atoms with Gasteiger partial charge in [0.05, 0.1) is 6.67 Å². The monoisotopic (exact) mass is 244 g/mol. The summed E-state index contributed by atoms with van der Waals surface area (Å²) in [5.41, 5.74) is 1.07. The molecule has 1 amide bonds. The van der Waals surface area contributed by atoms with Gasteiger partial charge < -0.3 is 4.90 Å². The highest BCUT2D eigenvalue weighted by Crippen LogP contribution is 2.35. The average molecular weight is 244 g/mol. The largest absolute Gasteiger partial charge is 0.326 e. The van der Waals surface area contributed by atoms with Crippen molar-refractivity contribution in [2.24, 2.45) is 5.92 Å². The fourth-order valence-corrected chi connectivity index (χ4v) is 2.76. The second kappa shape index (κ2) is 4.73. The SMILES string of the molecule is CC(CC1CC1)N1CNC(c2ccccc2)C1=O. The Morgan fingerprint density at radius 2 is 2.06 bits per heavy atom. The van der Waals surface area contributed by atoms with Crippen LogP contribution in [0.5, 0.6) is 0 Å². The van der Waals surface area contributed by atoms with Gasteiger partial charge in [-0.2, -0.15) is 0 Å². The van der Waals surface area contributed by atoms with Crippen molar-refractivity contribution < 1.29 is 4.79 Å². The van der Waals surface area contributed by atoms with E-state index in [1.54, 1.807) is 0 Å². The third-order valence-corrected chi connectivity index (χ3v) is 4.03. The van der Waals surface area contributed by atoms with E-state index in [1.807, 2.05) is 35.2 Å². The molecule has 3 nitrogen and oxygen atoms in total. The summed E-state index contributed by atoms with van der Waals surface area (Å²) < 4.78 is 0. The first kappa shape index (κ1) is 11.7. The maximum Gasteiger partial charge on any atom is 0.245 e. The Kier molecular flexibility index (Phi) is 3.08. The lowest BCUT2D eigenvalue weighted by molar-refractivity contribution is -0.130. The van der Waals surface area contributed by atoms with E-state index in [1.165, 1.54) is 12.8 Å². The molecule has 1 saturated heterocycles. The number of hydrogen-bond donors (Lipinski definition) is 1. The van der Waals surface area contributed by atoms with Crippen LogP contribution in [0, 0.1) is 5.92 Å². The molecule has 0 spiro atoms. The minimum absolute atomic E-state index is 0.146. The Morgan fingerprint density at radius 1 is 1.33 bits per heavy atom. The number of carbonyl (C=O) groups is 1. The molecule has 1 heterocycles. The van der Waals surface area contributed by atoms with Gasteiger partial charge in [0.1, 0.15) is 6.04 Å². The van der Waals surface area contributed by atoms with E-state index in [-0.39, 0.29) is 11.9 Å². The van der Waals surface area contributed by atoms with E-state index < -0.39 is 0 Å². The van der Waals surface area contributed by atoms with Gasteiger partial charge in [0.25, 0.3) is 0 Å². The topological polar surface area (TPSA) is 32.3 Å². The van der Waals surface area contributed by atoms with E-state index in [4.69, 9.17) is 0 Å². The van der Waals surface area contributed by atoms with Crippen molar-refractivity contribution >= 4 is 5.91 Å². The minimum atomic E-state index is -0.146. The maximum atomic E-state index is 12.4. The maximum absolute atomic E-state index is 12.4. The Labute approximate surface area is 108 Å². The summed E-state index contributed by atoms with van der Waals surface area (Å²) >= 11 is 0. The third kappa shape index (κ3) is 2.27. The van der Waals surface area contributed by atoms with Gasteiger partial charge in [-0.15, -0.1) is 0 Å². The van der Waals surface area contributed by atoms with Crippen LogP contribution in [0.3, 0.4) is 0 Å². The van der Waals surface area contributed by atoms with Gasteiger partial charge in [-0.1, -0.05) is 43.2 Å². The zero-order chi connectivity index (χ0) is 12.5. The molecule has 1 aliphatic heterocycles. The van der Waals surface area contributed by atoms with Gasteiger partial charge in [-0.05, 0) is 24.8 Å². The zero-order valence-corrected chi connectivity index (χ0v) is 10.8. The second-order valence-corrected chi connectivity index (χ2v) is 5.54. The summed E-state index contributed by atoms with van der Waals surface area (Å²) in [5.74, 6) is 1.10. The molecule has 1 aromatic carbocycles. The Hall–Kier alpha value is -1.35. The molecule has 1 aromatic rings. The van der Waals surface area contributed by atoms with Gasteiger partial charge in [-0.3, -0.25) is 10.1 Å². The van der Waals surface area contributed by atoms with Crippen molar-refractivity contribution in [3.8, 4) is 0 Å². The summed E-state index contributed by atoms with van der Waals surface area (Å²) in [7, 11) is 0. The number of benzene rings is 1. The van der Waals surface area contributed by atoms with Crippen molar-refractivity contribution in [2.75, 3.05) is 6.67 Å². The fraction of sp³-hybridized carbons (Fsp3) is 0.533. The number of amides is 1. The van der Waals surface area contributed by atoms with E-state index >= 15 is 0 Å². The molecule has 18 heavy (non-hydrogen) atoms. The molecule has 3 rings (SSSR count). The van der Waals surface area contributed by atoms with E-state index in [0.29, 0.717) is 12.7 Å². The summed E-state index contributed by atoms with van der Waals surface area (Å²) in [6, 6.07) is 10.2. The van der Waals surface area contributed by atoms with Crippen LogP contribution < -0.4 is 5.32 Å². The van der Waals surface area contributed by atoms with Gasteiger partial charge >= 0.3 is 0 Å². The standard InChI is InChI=1S/C15H20N2O/c1-11(9-12-7-8-12)17-10-16-14(15(17)18)13-5-3-2-4-6-13/h2-6,11-12,14,16H,7-10H2,1H3. The van der Waals surface area contributed by atoms with Crippen molar-refractivity contribution in [3.63, 3.8) is 0 Å². The first-order valence-electron chi connectivity index (χ1n) is 6.84. The van der Waals surface area contributed by atoms with Gasteiger partial charge in [-0.25, -0.2) is 0 Å². The summed E-state index contributed by atoms with van der Waals surface area (Å²) in [5, 5.41) is 3.32. The molecule has 2 atom stereocenters. The number of carbonyl (C=O) groups excluding carboxylic acids is 1. The normalized spacial score (nSPS) is 25.5. The first-order chi connectivity index (χ1) is 8.75. The quantitative estimate of drug-likeness (QED) is 0.881. The molecular formula is C15H20N2O. The highest BCUT2D eigenvalue weighted by atomic mass is 16.2. The zero-order valence-electron chi connectivity index (χ0n) is 10.8.